The van der Waals surface area contributed by atoms with Crippen LogP contribution < -0.4 is 0 Å². The molecular formula is C20H30O3. The molecule has 3 heteroatoms. The largest absolute Gasteiger partial charge is 0.478 e. The number of aliphatic carboxylic acids is 1. The van der Waals surface area contributed by atoms with Gasteiger partial charge in [0.15, 0.2) is 5.78 Å². The van der Waals surface area contributed by atoms with Crippen molar-refractivity contribution in [1.82, 2.24) is 0 Å². The van der Waals surface area contributed by atoms with Crippen LogP contribution in [0.2, 0.25) is 0 Å². The Kier molecular flexibility index (Phi) is 15.1. The smallest absolute Gasteiger partial charge is 0.327 e. The minimum Gasteiger partial charge on any atom is -0.478 e. The molecule has 0 heterocycles. The van der Waals surface area contributed by atoms with Gasteiger partial charge in [-0.25, -0.2) is 4.79 Å². The van der Waals surface area contributed by atoms with E-state index in [9.17, 15) is 9.59 Å². The van der Waals surface area contributed by atoms with E-state index in [1.165, 1.54) is 57.1 Å². The van der Waals surface area contributed by atoms with E-state index in [2.05, 4.69) is 13.0 Å². The van der Waals surface area contributed by atoms with Gasteiger partial charge in [0.2, 0.25) is 0 Å². The van der Waals surface area contributed by atoms with E-state index in [0.717, 1.165) is 12.5 Å². The van der Waals surface area contributed by atoms with Gasteiger partial charge in [0, 0.05) is 12.5 Å². The Morgan fingerprint density at radius 2 is 1.43 bits per heavy atom. The molecule has 0 spiro atoms. The number of unbranched alkanes of at least 4 members (excludes halogenated alkanes) is 7. The van der Waals surface area contributed by atoms with Gasteiger partial charge in [0.1, 0.15) is 0 Å². The Morgan fingerprint density at radius 3 is 2.13 bits per heavy atom. The molecule has 0 aromatic heterocycles. The lowest BCUT2D eigenvalue weighted by Crippen LogP contribution is -1.91. The lowest BCUT2D eigenvalue weighted by molar-refractivity contribution is -0.131. The maximum absolute atomic E-state index is 11.3. The van der Waals surface area contributed by atoms with E-state index in [-0.39, 0.29) is 12.2 Å². The molecule has 0 fully saturated rings. The summed E-state index contributed by atoms with van der Waals surface area (Å²) in [5.74, 6) is -1.15. The highest BCUT2D eigenvalue weighted by Gasteiger charge is 1.92. The molecule has 1 N–H and O–H groups in total. The predicted molar refractivity (Wildman–Crippen MR) is 96.4 cm³/mol. The molecule has 0 bridgehead atoms. The average Bonchev–Trinajstić information content (AvgIpc) is 2.51. The van der Waals surface area contributed by atoms with E-state index in [4.69, 9.17) is 5.11 Å². The third-order valence-corrected chi connectivity index (χ3v) is 3.31. The van der Waals surface area contributed by atoms with Gasteiger partial charge in [-0.1, -0.05) is 81.9 Å². The molecular weight excluding hydrogens is 288 g/mol. The number of hydrogen-bond acceptors (Lipinski definition) is 2. The first-order valence-corrected chi connectivity index (χ1v) is 8.59. The highest BCUT2D eigenvalue weighted by molar-refractivity contribution is 5.91. The standard InChI is InChI=1S/C20H30O3/c1-2-3-4-5-6-7-8-9-10-11-12-13-14-16-19(21)17-15-18-20(22)23/h10-16,18H,2-9,17H2,1H3,(H,22,23). The summed E-state index contributed by atoms with van der Waals surface area (Å²) in [7, 11) is 0. The van der Waals surface area contributed by atoms with E-state index in [1.54, 1.807) is 12.2 Å². The maximum Gasteiger partial charge on any atom is 0.327 e. The molecule has 0 radical (unpaired) electrons. The summed E-state index contributed by atoms with van der Waals surface area (Å²) >= 11 is 0. The Labute approximate surface area is 140 Å². The second kappa shape index (κ2) is 16.5. The molecule has 0 aliphatic rings. The van der Waals surface area contributed by atoms with Crippen molar-refractivity contribution in [3.8, 4) is 0 Å². The highest BCUT2D eigenvalue weighted by atomic mass is 16.4. The van der Waals surface area contributed by atoms with E-state index in [0.29, 0.717) is 0 Å². The van der Waals surface area contributed by atoms with Gasteiger partial charge in [0.25, 0.3) is 0 Å². The van der Waals surface area contributed by atoms with Crippen LogP contribution in [0.1, 0.15) is 64.7 Å². The molecule has 0 aliphatic heterocycles. The van der Waals surface area contributed by atoms with Crippen LogP contribution in [0.5, 0.6) is 0 Å². The van der Waals surface area contributed by atoms with Gasteiger partial charge in [0.05, 0.1) is 0 Å². The zero-order valence-corrected chi connectivity index (χ0v) is 14.2. The maximum atomic E-state index is 11.3. The van der Waals surface area contributed by atoms with Crippen molar-refractivity contribution in [2.75, 3.05) is 0 Å². The summed E-state index contributed by atoms with van der Waals surface area (Å²) in [5.41, 5.74) is 0. The molecule has 0 unspecified atom stereocenters. The average molecular weight is 318 g/mol. The van der Waals surface area contributed by atoms with Gasteiger partial charge < -0.3 is 5.11 Å². The van der Waals surface area contributed by atoms with Crippen molar-refractivity contribution >= 4 is 11.8 Å². The van der Waals surface area contributed by atoms with E-state index in [1.807, 2.05) is 12.2 Å². The molecule has 0 aliphatic carbocycles. The number of ketones is 1. The quantitative estimate of drug-likeness (QED) is 0.265. The molecule has 23 heavy (non-hydrogen) atoms. The fourth-order valence-corrected chi connectivity index (χ4v) is 2.03. The second-order valence-electron chi connectivity index (χ2n) is 5.49. The van der Waals surface area contributed by atoms with Crippen molar-refractivity contribution < 1.29 is 14.7 Å². The van der Waals surface area contributed by atoms with Gasteiger partial charge in [-0.15, -0.1) is 0 Å². The molecule has 128 valence electrons. The Balaban J connectivity index is 3.59. The fourth-order valence-electron chi connectivity index (χ4n) is 2.03. The number of hydrogen-bond donors (Lipinski definition) is 1. The molecule has 0 aromatic carbocycles. The summed E-state index contributed by atoms with van der Waals surface area (Å²) in [5, 5.41) is 8.39. The van der Waals surface area contributed by atoms with Crippen LogP contribution in [0.3, 0.4) is 0 Å². The van der Waals surface area contributed by atoms with Gasteiger partial charge in [-0.2, -0.15) is 0 Å². The molecule has 0 rings (SSSR count). The number of carbonyl (C=O) groups is 2. The summed E-state index contributed by atoms with van der Waals surface area (Å²) in [6.45, 7) is 2.24. The third kappa shape index (κ3) is 18.1. The first kappa shape index (κ1) is 21.1. The number of carboxylic acid groups (broad SMARTS) is 1. The molecule has 0 atom stereocenters. The van der Waals surface area contributed by atoms with Crippen molar-refractivity contribution in [1.29, 1.82) is 0 Å². The molecule has 0 amide bonds. The highest BCUT2D eigenvalue weighted by Crippen LogP contribution is 2.08. The topological polar surface area (TPSA) is 54.4 Å². The zero-order valence-electron chi connectivity index (χ0n) is 14.2. The summed E-state index contributed by atoms with van der Waals surface area (Å²) in [4.78, 5) is 21.6. The van der Waals surface area contributed by atoms with Crippen LogP contribution in [-0.4, -0.2) is 16.9 Å². The van der Waals surface area contributed by atoms with Crippen LogP contribution >= 0.6 is 0 Å². The summed E-state index contributed by atoms with van der Waals surface area (Å²) in [6.07, 6.45) is 23.8. The lowest BCUT2D eigenvalue weighted by Gasteiger charge is -1.98. The van der Waals surface area contributed by atoms with Gasteiger partial charge in [-0.3, -0.25) is 4.79 Å². The van der Waals surface area contributed by atoms with Crippen molar-refractivity contribution in [3.63, 3.8) is 0 Å². The minimum atomic E-state index is -1.03. The van der Waals surface area contributed by atoms with Crippen LogP contribution in [0.25, 0.3) is 0 Å². The van der Waals surface area contributed by atoms with Crippen LogP contribution in [0.15, 0.2) is 48.6 Å². The Morgan fingerprint density at radius 1 is 0.783 bits per heavy atom. The van der Waals surface area contributed by atoms with Crippen LogP contribution in [0, 0.1) is 0 Å². The molecule has 0 saturated carbocycles. The van der Waals surface area contributed by atoms with Crippen LogP contribution in [-0.2, 0) is 9.59 Å². The fraction of sp³-hybridized carbons (Fsp3) is 0.500. The first-order chi connectivity index (χ1) is 11.2. The normalized spacial score (nSPS) is 12.2. The predicted octanol–water partition coefficient (Wildman–Crippen LogP) is 5.40. The summed E-state index contributed by atoms with van der Waals surface area (Å²) in [6, 6.07) is 0. The van der Waals surface area contributed by atoms with Crippen LogP contribution in [0.4, 0.5) is 0 Å². The van der Waals surface area contributed by atoms with Gasteiger partial charge in [-0.05, 0) is 18.9 Å². The SMILES string of the molecule is CCCCCCCCCC=CC=CC=CC(=O)CC=CC(=O)O. The van der Waals surface area contributed by atoms with Crippen molar-refractivity contribution in [2.24, 2.45) is 0 Å². The number of carboxylic acids is 1. The molecule has 0 aromatic rings. The Bertz CT molecular complexity index is 428. The zero-order chi connectivity index (χ0) is 17.2. The van der Waals surface area contributed by atoms with Crippen molar-refractivity contribution in [2.45, 2.75) is 64.7 Å². The summed E-state index contributed by atoms with van der Waals surface area (Å²) < 4.78 is 0. The second-order valence-corrected chi connectivity index (χ2v) is 5.49. The van der Waals surface area contributed by atoms with E-state index < -0.39 is 5.97 Å². The Hall–Kier alpha value is -1.90. The molecule has 3 nitrogen and oxygen atoms in total. The molecule has 0 saturated heterocycles. The number of carbonyl (C=O) groups excluding carboxylic acids is 1. The van der Waals surface area contributed by atoms with Gasteiger partial charge >= 0.3 is 5.97 Å². The number of rotatable bonds is 14. The minimum absolute atomic E-state index is 0.112. The van der Waals surface area contributed by atoms with E-state index >= 15 is 0 Å². The monoisotopic (exact) mass is 318 g/mol. The third-order valence-electron chi connectivity index (χ3n) is 3.31. The first-order valence-electron chi connectivity index (χ1n) is 8.59. The lowest BCUT2D eigenvalue weighted by atomic mass is 10.1. The van der Waals surface area contributed by atoms with Crippen molar-refractivity contribution in [3.05, 3.63) is 48.6 Å². The number of allylic oxidation sites excluding steroid dienone is 7.